The highest BCUT2D eigenvalue weighted by Gasteiger charge is 2.27. The second-order valence-electron chi connectivity index (χ2n) is 5.34. The van der Waals surface area contributed by atoms with Crippen molar-refractivity contribution in [1.82, 2.24) is 9.47 Å². The summed E-state index contributed by atoms with van der Waals surface area (Å²) in [6, 6.07) is 2.15. The minimum Gasteiger partial charge on any atom is -0.395 e. The molecule has 1 aliphatic rings. The summed E-state index contributed by atoms with van der Waals surface area (Å²) in [5.41, 5.74) is 0.707. The van der Waals surface area contributed by atoms with Gasteiger partial charge in [-0.05, 0) is 41.8 Å². The number of nitrogens with zero attached hydrogens (tertiary/aromatic N) is 2. The lowest BCUT2D eigenvalue weighted by molar-refractivity contribution is 0.0574. The standard InChI is InChI=1S/C15H23BrN2O2/c1-2-17-11-12(16)10-14(17)15(20)18(8-9-19)13-6-4-3-5-7-13/h10-11,13,19H,2-9H2,1H3. The summed E-state index contributed by atoms with van der Waals surface area (Å²) in [4.78, 5) is 14.7. The maximum atomic E-state index is 12.8. The molecule has 0 saturated heterocycles. The van der Waals surface area contributed by atoms with Crippen molar-refractivity contribution >= 4 is 21.8 Å². The van der Waals surface area contributed by atoms with Gasteiger partial charge in [-0.1, -0.05) is 19.3 Å². The summed E-state index contributed by atoms with van der Waals surface area (Å²) in [7, 11) is 0. The zero-order valence-corrected chi connectivity index (χ0v) is 13.6. The highest BCUT2D eigenvalue weighted by Crippen LogP contribution is 2.25. The molecule has 1 saturated carbocycles. The number of amides is 1. The molecule has 1 aliphatic carbocycles. The first-order valence-electron chi connectivity index (χ1n) is 7.45. The molecule has 1 aromatic heterocycles. The smallest absolute Gasteiger partial charge is 0.270 e. The second-order valence-corrected chi connectivity index (χ2v) is 6.26. The number of hydrogen-bond donors (Lipinski definition) is 1. The molecule has 1 amide bonds. The predicted octanol–water partition coefficient (Wildman–Crippen LogP) is 3.04. The van der Waals surface area contributed by atoms with Crippen molar-refractivity contribution in [1.29, 1.82) is 0 Å². The molecule has 4 nitrogen and oxygen atoms in total. The molecule has 0 spiro atoms. The van der Waals surface area contributed by atoms with E-state index in [0.717, 1.165) is 23.9 Å². The Kier molecular flexibility index (Phi) is 5.66. The van der Waals surface area contributed by atoms with E-state index in [4.69, 9.17) is 0 Å². The zero-order chi connectivity index (χ0) is 14.5. The van der Waals surface area contributed by atoms with E-state index in [0.29, 0.717) is 12.2 Å². The monoisotopic (exact) mass is 342 g/mol. The van der Waals surface area contributed by atoms with E-state index in [9.17, 15) is 9.90 Å². The number of aryl methyl sites for hydroxylation is 1. The van der Waals surface area contributed by atoms with Crippen molar-refractivity contribution in [3.05, 3.63) is 22.4 Å². The Morgan fingerprint density at radius 1 is 1.45 bits per heavy atom. The maximum absolute atomic E-state index is 12.8. The van der Waals surface area contributed by atoms with Crippen molar-refractivity contribution in [3.63, 3.8) is 0 Å². The molecule has 1 heterocycles. The van der Waals surface area contributed by atoms with Crippen molar-refractivity contribution in [2.75, 3.05) is 13.2 Å². The molecule has 0 bridgehead atoms. The van der Waals surface area contributed by atoms with Crippen LogP contribution in [0, 0.1) is 0 Å². The molecule has 1 aromatic rings. The van der Waals surface area contributed by atoms with Crippen LogP contribution in [0.25, 0.3) is 0 Å². The lowest BCUT2D eigenvalue weighted by Crippen LogP contribution is -2.43. The minimum absolute atomic E-state index is 0.0241. The summed E-state index contributed by atoms with van der Waals surface area (Å²) in [5.74, 6) is 0.0403. The Morgan fingerprint density at radius 2 is 2.15 bits per heavy atom. The number of aromatic nitrogens is 1. The molecule has 0 atom stereocenters. The van der Waals surface area contributed by atoms with E-state index in [1.807, 2.05) is 28.7 Å². The maximum Gasteiger partial charge on any atom is 0.270 e. The molecule has 0 aliphatic heterocycles. The normalized spacial score (nSPS) is 16.4. The van der Waals surface area contributed by atoms with Gasteiger partial charge < -0.3 is 14.6 Å². The number of hydrogen-bond acceptors (Lipinski definition) is 2. The Hall–Kier alpha value is -0.810. The van der Waals surface area contributed by atoms with Crippen LogP contribution in [0.2, 0.25) is 0 Å². The average molecular weight is 343 g/mol. The molecule has 5 heteroatoms. The van der Waals surface area contributed by atoms with E-state index in [-0.39, 0.29) is 18.6 Å². The van der Waals surface area contributed by atoms with Gasteiger partial charge in [0.1, 0.15) is 5.69 Å². The summed E-state index contributed by atoms with van der Waals surface area (Å²) >= 11 is 3.44. The Labute approximate surface area is 128 Å². The van der Waals surface area contributed by atoms with Gasteiger partial charge >= 0.3 is 0 Å². The fourth-order valence-electron chi connectivity index (χ4n) is 3.01. The topological polar surface area (TPSA) is 45.5 Å². The number of rotatable bonds is 5. The summed E-state index contributed by atoms with van der Waals surface area (Å²) in [5, 5.41) is 9.28. The van der Waals surface area contributed by atoms with Crippen molar-refractivity contribution < 1.29 is 9.90 Å². The van der Waals surface area contributed by atoms with Crippen LogP contribution in [-0.2, 0) is 6.54 Å². The van der Waals surface area contributed by atoms with E-state index in [1.165, 1.54) is 19.3 Å². The molecule has 0 radical (unpaired) electrons. The summed E-state index contributed by atoms with van der Waals surface area (Å²) < 4.78 is 2.88. The number of aliphatic hydroxyl groups is 1. The van der Waals surface area contributed by atoms with Crippen LogP contribution in [0.1, 0.15) is 49.5 Å². The SMILES string of the molecule is CCn1cc(Br)cc1C(=O)N(CCO)C1CCCCC1. The molecule has 1 fully saturated rings. The van der Waals surface area contributed by atoms with Gasteiger partial charge in [-0.3, -0.25) is 4.79 Å². The lowest BCUT2D eigenvalue weighted by Gasteiger charge is -2.34. The van der Waals surface area contributed by atoms with E-state index >= 15 is 0 Å². The highest BCUT2D eigenvalue weighted by molar-refractivity contribution is 9.10. The van der Waals surface area contributed by atoms with Crippen molar-refractivity contribution in [2.45, 2.75) is 51.6 Å². The van der Waals surface area contributed by atoms with E-state index in [1.54, 1.807) is 0 Å². The number of halogens is 1. The third kappa shape index (κ3) is 3.44. The highest BCUT2D eigenvalue weighted by atomic mass is 79.9. The van der Waals surface area contributed by atoms with Crippen LogP contribution in [0.5, 0.6) is 0 Å². The fourth-order valence-corrected chi connectivity index (χ4v) is 3.48. The van der Waals surface area contributed by atoms with Gasteiger partial charge in [-0.15, -0.1) is 0 Å². The van der Waals surface area contributed by atoms with E-state index < -0.39 is 0 Å². The van der Waals surface area contributed by atoms with Crippen LogP contribution in [-0.4, -0.2) is 39.7 Å². The van der Waals surface area contributed by atoms with Gasteiger partial charge in [0, 0.05) is 29.8 Å². The Balaban J connectivity index is 2.20. The van der Waals surface area contributed by atoms with Crippen LogP contribution in [0.15, 0.2) is 16.7 Å². The first kappa shape index (κ1) is 15.6. The van der Waals surface area contributed by atoms with Crippen molar-refractivity contribution in [2.24, 2.45) is 0 Å². The molecule has 20 heavy (non-hydrogen) atoms. The fraction of sp³-hybridized carbons (Fsp3) is 0.667. The lowest BCUT2D eigenvalue weighted by atomic mass is 9.94. The first-order chi connectivity index (χ1) is 9.67. The van der Waals surface area contributed by atoms with E-state index in [2.05, 4.69) is 15.9 Å². The average Bonchev–Trinajstić information content (AvgIpc) is 2.86. The van der Waals surface area contributed by atoms with Crippen molar-refractivity contribution in [3.8, 4) is 0 Å². The minimum atomic E-state index is 0.0241. The number of carbonyl (C=O) groups is 1. The Morgan fingerprint density at radius 3 is 2.75 bits per heavy atom. The van der Waals surface area contributed by atoms with Crippen LogP contribution >= 0.6 is 15.9 Å². The number of aliphatic hydroxyl groups excluding tert-OH is 1. The molecule has 2 rings (SSSR count). The van der Waals surface area contributed by atoms with Gasteiger partial charge in [0.25, 0.3) is 5.91 Å². The number of carbonyl (C=O) groups excluding carboxylic acids is 1. The van der Waals surface area contributed by atoms with Gasteiger partial charge in [-0.2, -0.15) is 0 Å². The third-order valence-electron chi connectivity index (χ3n) is 4.04. The van der Waals surface area contributed by atoms with Gasteiger partial charge in [0.05, 0.1) is 6.61 Å². The van der Waals surface area contributed by atoms with Crippen LogP contribution in [0.3, 0.4) is 0 Å². The third-order valence-corrected chi connectivity index (χ3v) is 4.47. The van der Waals surface area contributed by atoms with Gasteiger partial charge in [0.2, 0.25) is 0 Å². The largest absolute Gasteiger partial charge is 0.395 e. The molecule has 0 aromatic carbocycles. The zero-order valence-electron chi connectivity index (χ0n) is 12.0. The molecule has 0 unspecified atom stereocenters. The molecular formula is C15H23BrN2O2. The quantitative estimate of drug-likeness (QED) is 0.893. The van der Waals surface area contributed by atoms with Crippen LogP contribution < -0.4 is 0 Å². The summed E-state index contributed by atoms with van der Waals surface area (Å²) in [6.07, 6.45) is 7.66. The Bertz CT molecular complexity index is 453. The van der Waals surface area contributed by atoms with Gasteiger partial charge in [0.15, 0.2) is 0 Å². The molecule has 112 valence electrons. The second kappa shape index (κ2) is 7.27. The summed E-state index contributed by atoms with van der Waals surface area (Å²) in [6.45, 7) is 3.25. The predicted molar refractivity (Wildman–Crippen MR) is 82.8 cm³/mol. The first-order valence-corrected chi connectivity index (χ1v) is 8.24. The molecule has 1 N–H and O–H groups in total. The molecular weight excluding hydrogens is 320 g/mol. The van der Waals surface area contributed by atoms with Crippen LogP contribution in [0.4, 0.5) is 0 Å². The van der Waals surface area contributed by atoms with Gasteiger partial charge in [-0.25, -0.2) is 0 Å².